The molecule has 0 saturated heterocycles. The molecule has 0 radical (unpaired) electrons. The van der Waals surface area contributed by atoms with Crippen molar-refractivity contribution in [1.82, 2.24) is 21.5 Å². The first-order valence-electron chi connectivity index (χ1n) is 7.51. The summed E-state index contributed by atoms with van der Waals surface area (Å²) in [6, 6.07) is -0.275. The van der Waals surface area contributed by atoms with Crippen molar-refractivity contribution in [3.8, 4) is 0 Å². The van der Waals surface area contributed by atoms with Crippen LogP contribution in [0.4, 0.5) is 4.79 Å². The highest BCUT2D eigenvalue weighted by Gasteiger charge is 2.22. The summed E-state index contributed by atoms with van der Waals surface area (Å²) >= 11 is 0. The lowest BCUT2D eigenvalue weighted by atomic mass is 9.86. The van der Waals surface area contributed by atoms with E-state index < -0.39 is 0 Å². The molecule has 0 aromatic rings. The highest BCUT2D eigenvalue weighted by molar-refractivity contribution is 5.78. The third kappa shape index (κ3) is 6.59. The number of carbonyl (C=O) groups is 2. The highest BCUT2D eigenvalue weighted by atomic mass is 16.2. The second kappa shape index (κ2) is 9.36. The molecule has 0 unspecified atom stereocenters. The van der Waals surface area contributed by atoms with E-state index in [4.69, 9.17) is 5.73 Å². The van der Waals surface area contributed by atoms with Gasteiger partial charge in [-0.05, 0) is 32.1 Å². The number of hydrogen-bond donors (Lipinski definition) is 5. The average Bonchev–Trinajstić information content (AvgIpc) is 2.52. The number of allylic oxidation sites excluding steroid dienone is 1. The van der Waals surface area contributed by atoms with Gasteiger partial charge in [0.15, 0.2) is 0 Å². The van der Waals surface area contributed by atoms with E-state index in [2.05, 4.69) is 21.5 Å². The summed E-state index contributed by atoms with van der Waals surface area (Å²) in [5.41, 5.74) is 12.2. The fraction of sp³-hybridized carbons (Fsp3) is 0.714. The summed E-state index contributed by atoms with van der Waals surface area (Å²) in [4.78, 5) is 23.0. The Labute approximate surface area is 126 Å². The first kappa shape index (κ1) is 17.5. The normalized spacial score (nSPS) is 19.6. The molecule has 1 atom stereocenters. The zero-order valence-corrected chi connectivity index (χ0v) is 12.9. The minimum absolute atomic E-state index is 0.0312. The van der Waals surface area contributed by atoms with E-state index in [1.165, 1.54) is 0 Å². The summed E-state index contributed by atoms with van der Waals surface area (Å²) in [6.45, 7) is 2.53. The maximum absolute atomic E-state index is 11.5. The molecule has 1 aliphatic rings. The van der Waals surface area contributed by atoms with Crippen LogP contribution in [0.3, 0.4) is 0 Å². The van der Waals surface area contributed by atoms with Crippen molar-refractivity contribution < 1.29 is 9.59 Å². The van der Waals surface area contributed by atoms with Crippen molar-refractivity contribution in [1.29, 1.82) is 0 Å². The quantitative estimate of drug-likeness (QED) is 0.456. The van der Waals surface area contributed by atoms with Crippen LogP contribution >= 0.6 is 0 Å². The van der Waals surface area contributed by atoms with Crippen LogP contribution in [-0.4, -0.2) is 31.6 Å². The van der Waals surface area contributed by atoms with Crippen molar-refractivity contribution in [2.45, 2.75) is 45.1 Å². The molecule has 0 spiro atoms. The third-order valence-electron chi connectivity index (χ3n) is 3.74. The fourth-order valence-corrected chi connectivity index (χ4v) is 2.21. The molecule has 6 N–H and O–H groups in total. The molecule has 0 aliphatic heterocycles. The Bertz CT molecular complexity index is 374. The first-order chi connectivity index (χ1) is 10.1. The van der Waals surface area contributed by atoms with Crippen molar-refractivity contribution in [2.75, 3.05) is 13.6 Å². The van der Waals surface area contributed by atoms with Crippen LogP contribution in [0.1, 0.15) is 39.0 Å². The zero-order chi connectivity index (χ0) is 15.7. The number of hydrazine groups is 1. The Balaban J connectivity index is 2.22. The standard InChI is InChI=1S/C14H27N5O2/c1-3-12(15)9-18-19-14(21)17-8-10-4-6-11(7-5-10)13(20)16-2/h8,11-12,18H,3-7,9,15H2,1-2H3,(H,16,20)(H2,17,19,21)/t11?,12-/m0/s1. The van der Waals surface area contributed by atoms with Crippen LogP contribution in [-0.2, 0) is 4.79 Å². The predicted octanol–water partition coefficient (Wildman–Crippen LogP) is 0.348. The van der Waals surface area contributed by atoms with E-state index in [1.54, 1.807) is 13.2 Å². The van der Waals surface area contributed by atoms with Crippen LogP contribution in [0.5, 0.6) is 0 Å². The maximum atomic E-state index is 11.5. The number of carbonyl (C=O) groups excluding carboxylic acids is 2. The monoisotopic (exact) mass is 297 g/mol. The molecular formula is C14H27N5O2. The lowest BCUT2D eigenvalue weighted by Gasteiger charge is -2.22. The molecule has 120 valence electrons. The topological polar surface area (TPSA) is 108 Å². The van der Waals surface area contributed by atoms with Crippen LogP contribution < -0.4 is 27.2 Å². The molecule has 7 heteroatoms. The molecule has 0 aromatic carbocycles. The molecule has 1 aliphatic carbocycles. The van der Waals surface area contributed by atoms with Gasteiger partial charge in [0, 0.05) is 31.8 Å². The van der Waals surface area contributed by atoms with Gasteiger partial charge in [0.25, 0.3) is 0 Å². The summed E-state index contributed by atoms with van der Waals surface area (Å²) < 4.78 is 0. The van der Waals surface area contributed by atoms with E-state index in [0.717, 1.165) is 37.7 Å². The molecular weight excluding hydrogens is 270 g/mol. The van der Waals surface area contributed by atoms with E-state index >= 15 is 0 Å². The molecule has 0 heterocycles. The Kier molecular flexibility index (Phi) is 7.78. The average molecular weight is 297 g/mol. The number of amides is 3. The third-order valence-corrected chi connectivity index (χ3v) is 3.74. The SMILES string of the molecule is CC[C@H](N)CNNC(=O)NC=C1CCC(C(=O)NC)CC1. The highest BCUT2D eigenvalue weighted by Crippen LogP contribution is 2.27. The van der Waals surface area contributed by atoms with E-state index in [-0.39, 0.29) is 23.9 Å². The van der Waals surface area contributed by atoms with Crippen molar-refractivity contribution in [3.05, 3.63) is 11.8 Å². The smallest absolute Gasteiger partial charge is 0.333 e. The molecule has 7 nitrogen and oxygen atoms in total. The van der Waals surface area contributed by atoms with Crippen molar-refractivity contribution in [2.24, 2.45) is 11.7 Å². The number of hydrogen-bond acceptors (Lipinski definition) is 4. The summed E-state index contributed by atoms with van der Waals surface area (Å²) in [6.07, 6.45) is 5.93. The van der Waals surface area contributed by atoms with E-state index in [1.807, 2.05) is 6.92 Å². The molecule has 1 saturated carbocycles. The summed E-state index contributed by atoms with van der Waals surface area (Å²) in [5, 5.41) is 5.37. The molecule has 3 amide bonds. The molecule has 1 fully saturated rings. The molecule has 21 heavy (non-hydrogen) atoms. The van der Waals surface area contributed by atoms with Crippen molar-refractivity contribution in [3.63, 3.8) is 0 Å². The van der Waals surface area contributed by atoms with E-state index in [0.29, 0.717) is 6.54 Å². The Morgan fingerprint density at radius 2 is 2.05 bits per heavy atom. The van der Waals surface area contributed by atoms with Crippen LogP contribution in [0.15, 0.2) is 11.8 Å². The van der Waals surface area contributed by atoms with Crippen LogP contribution in [0.2, 0.25) is 0 Å². The van der Waals surface area contributed by atoms with Gasteiger partial charge in [-0.3, -0.25) is 10.2 Å². The van der Waals surface area contributed by atoms with Crippen molar-refractivity contribution >= 4 is 11.9 Å². The number of urea groups is 1. The van der Waals surface area contributed by atoms with E-state index in [9.17, 15) is 9.59 Å². The largest absolute Gasteiger partial charge is 0.359 e. The lowest BCUT2D eigenvalue weighted by molar-refractivity contribution is -0.125. The minimum atomic E-state index is -0.306. The van der Waals surface area contributed by atoms with Gasteiger partial charge in [0.05, 0.1) is 0 Å². The second-order valence-electron chi connectivity index (χ2n) is 5.34. The minimum Gasteiger partial charge on any atom is -0.359 e. The number of nitrogens with one attached hydrogen (secondary N) is 4. The molecule has 0 aromatic heterocycles. The van der Waals surface area contributed by atoms with Gasteiger partial charge in [-0.15, -0.1) is 0 Å². The predicted molar refractivity (Wildman–Crippen MR) is 82.0 cm³/mol. The van der Waals surface area contributed by atoms with Gasteiger partial charge >= 0.3 is 6.03 Å². The van der Waals surface area contributed by atoms with Crippen LogP contribution in [0, 0.1) is 5.92 Å². The maximum Gasteiger partial charge on any atom is 0.333 e. The van der Waals surface area contributed by atoms with Gasteiger partial charge in [0.1, 0.15) is 0 Å². The second-order valence-corrected chi connectivity index (χ2v) is 5.34. The number of rotatable bonds is 6. The Hall–Kier alpha value is -1.60. The lowest BCUT2D eigenvalue weighted by Crippen LogP contribution is -2.47. The van der Waals surface area contributed by atoms with Gasteiger partial charge in [-0.2, -0.15) is 0 Å². The summed E-state index contributed by atoms with van der Waals surface area (Å²) in [7, 11) is 1.66. The zero-order valence-electron chi connectivity index (χ0n) is 12.9. The first-order valence-corrected chi connectivity index (χ1v) is 7.51. The number of nitrogens with two attached hydrogens (primary N) is 1. The molecule has 1 rings (SSSR count). The van der Waals surface area contributed by atoms with Gasteiger partial charge in [-0.1, -0.05) is 12.5 Å². The van der Waals surface area contributed by atoms with Gasteiger partial charge < -0.3 is 16.4 Å². The fourth-order valence-electron chi connectivity index (χ4n) is 2.21. The summed E-state index contributed by atoms with van der Waals surface area (Å²) in [5.74, 6) is 0.203. The van der Waals surface area contributed by atoms with Crippen LogP contribution in [0.25, 0.3) is 0 Å². The van der Waals surface area contributed by atoms with Gasteiger partial charge in [-0.25, -0.2) is 10.2 Å². The Morgan fingerprint density at radius 1 is 1.38 bits per heavy atom. The Morgan fingerprint density at radius 3 is 2.62 bits per heavy atom. The van der Waals surface area contributed by atoms with Gasteiger partial charge in [0.2, 0.25) is 5.91 Å². The molecule has 0 bridgehead atoms.